The molecule has 0 saturated carbocycles. The van der Waals surface area contributed by atoms with Gasteiger partial charge in [0.15, 0.2) is 0 Å². The first-order valence-electron chi connectivity index (χ1n) is 18.8. The molecule has 7 rings (SSSR count). The van der Waals surface area contributed by atoms with Gasteiger partial charge in [-0.25, -0.2) is 0 Å². The third-order valence-corrected chi connectivity index (χ3v) is 11.5. The lowest BCUT2D eigenvalue weighted by Crippen LogP contribution is -2.47. The van der Waals surface area contributed by atoms with Gasteiger partial charge in [0, 0.05) is 6.04 Å². The van der Waals surface area contributed by atoms with E-state index in [4.69, 9.17) is 0 Å². The number of aryl methyl sites for hydroxylation is 9. The van der Waals surface area contributed by atoms with E-state index in [0.29, 0.717) is 0 Å². The van der Waals surface area contributed by atoms with E-state index in [2.05, 4.69) is 177 Å². The van der Waals surface area contributed by atoms with Crippen molar-refractivity contribution in [3.63, 3.8) is 0 Å². The summed E-state index contributed by atoms with van der Waals surface area (Å²) in [5.41, 5.74) is 23.4. The maximum absolute atomic E-state index is 4.01. The molecule has 1 aliphatic heterocycles. The number of benzene rings is 6. The minimum atomic E-state index is -0.377. The van der Waals surface area contributed by atoms with Gasteiger partial charge in [0.1, 0.15) is 0 Å². The molecule has 0 aliphatic carbocycles. The van der Waals surface area contributed by atoms with E-state index in [9.17, 15) is 0 Å². The zero-order valence-electron chi connectivity index (χ0n) is 32.1. The van der Waals surface area contributed by atoms with Gasteiger partial charge in [-0.2, -0.15) is 0 Å². The van der Waals surface area contributed by atoms with Crippen LogP contribution in [0.25, 0.3) is 33.4 Å². The highest BCUT2D eigenvalue weighted by molar-refractivity contribution is 5.75. The summed E-state index contributed by atoms with van der Waals surface area (Å²) in [6, 6.07) is 42.8. The van der Waals surface area contributed by atoms with E-state index in [1.807, 2.05) is 0 Å². The van der Waals surface area contributed by atoms with Crippen molar-refractivity contribution < 1.29 is 0 Å². The van der Waals surface area contributed by atoms with Crippen molar-refractivity contribution in [3.05, 3.63) is 176 Å². The van der Waals surface area contributed by atoms with E-state index in [0.717, 1.165) is 13.0 Å². The van der Waals surface area contributed by atoms with Crippen LogP contribution < -0.4 is 5.32 Å². The Morgan fingerprint density at radius 1 is 0.412 bits per heavy atom. The van der Waals surface area contributed by atoms with E-state index in [-0.39, 0.29) is 11.5 Å². The lowest BCUT2D eigenvalue weighted by atomic mass is 9.64. The molecular formula is C50H53N. The molecule has 258 valence electrons. The summed E-state index contributed by atoms with van der Waals surface area (Å²) >= 11 is 0. The third-order valence-electron chi connectivity index (χ3n) is 11.5. The van der Waals surface area contributed by atoms with Gasteiger partial charge in [-0.05, 0) is 165 Å². The maximum Gasteiger partial charge on any atom is 0.0604 e. The number of hydrogen-bond donors (Lipinski definition) is 1. The van der Waals surface area contributed by atoms with Crippen LogP contribution >= 0.6 is 0 Å². The average molecular weight is 668 g/mol. The van der Waals surface area contributed by atoms with Gasteiger partial charge in [-0.3, -0.25) is 0 Å². The minimum Gasteiger partial charge on any atom is -0.312 e. The van der Waals surface area contributed by atoms with Crippen molar-refractivity contribution in [2.75, 3.05) is 6.54 Å². The number of hydrogen-bond acceptors (Lipinski definition) is 1. The second kappa shape index (κ2) is 13.8. The number of rotatable bonds is 7. The Labute approximate surface area is 306 Å². The Morgan fingerprint density at radius 3 is 0.922 bits per heavy atom. The van der Waals surface area contributed by atoms with Gasteiger partial charge in [-0.1, -0.05) is 126 Å². The van der Waals surface area contributed by atoms with Crippen LogP contribution in [0.5, 0.6) is 0 Å². The molecule has 1 fully saturated rings. The topological polar surface area (TPSA) is 12.0 Å². The Kier molecular flexibility index (Phi) is 9.38. The van der Waals surface area contributed by atoms with E-state index >= 15 is 0 Å². The normalized spacial score (nSPS) is 14.6. The summed E-state index contributed by atoms with van der Waals surface area (Å²) in [5.74, 6) is 0. The zero-order chi connectivity index (χ0) is 36.0. The van der Waals surface area contributed by atoms with Gasteiger partial charge in [0.2, 0.25) is 0 Å². The van der Waals surface area contributed by atoms with Gasteiger partial charge in [0.25, 0.3) is 0 Å². The largest absolute Gasteiger partial charge is 0.312 e. The van der Waals surface area contributed by atoms with E-state index < -0.39 is 0 Å². The maximum atomic E-state index is 4.01. The van der Waals surface area contributed by atoms with Crippen molar-refractivity contribution in [2.45, 2.75) is 86.6 Å². The van der Waals surface area contributed by atoms with Crippen LogP contribution in [-0.4, -0.2) is 12.6 Å². The molecule has 1 nitrogen and oxygen atoms in total. The van der Waals surface area contributed by atoms with Crippen LogP contribution in [0.15, 0.2) is 109 Å². The molecule has 0 bridgehead atoms. The monoisotopic (exact) mass is 667 g/mol. The van der Waals surface area contributed by atoms with Crippen molar-refractivity contribution in [1.29, 1.82) is 0 Å². The summed E-state index contributed by atoms with van der Waals surface area (Å²) in [4.78, 5) is 0. The Hall–Kier alpha value is -4.72. The van der Waals surface area contributed by atoms with Gasteiger partial charge >= 0.3 is 0 Å². The summed E-state index contributed by atoms with van der Waals surface area (Å²) in [7, 11) is 0. The van der Waals surface area contributed by atoms with Crippen LogP contribution in [-0.2, 0) is 5.41 Å². The van der Waals surface area contributed by atoms with E-state index in [1.54, 1.807) is 0 Å². The van der Waals surface area contributed by atoms with Crippen LogP contribution in [0.1, 0.15) is 79.6 Å². The zero-order valence-corrected chi connectivity index (χ0v) is 32.1. The molecule has 1 atom stereocenters. The summed E-state index contributed by atoms with van der Waals surface area (Å²) < 4.78 is 0. The molecule has 1 N–H and O–H groups in total. The highest BCUT2D eigenvalue weighted by Crippen LogP contribution is 2.47. The lowest BCUT2D eigenvalue weighted by Gasteiger charge is -2.41. The summed E-state index contributed by atoms with van der Waals surface area (Å²) in [6.45, 7) is 21.1. The van der Waals surface area contributed by atoms with Crippen LogP contribution in [0.3, 0.4) is 0 Å². The number of nitrogens with one attached hydrogen (secondary N) is 1. The summed E-state index contributed by atoms with van der Waals surface area (Å²) in [5, 5.41) is 4.01. The molecule has 0 aromatic heterocycles. The molecule has 1 heterocycles. The second-order valence-electron chi connectivity index (χ2n) is 15.5. The Morgan fingerprint density at radius 2 is 0.686 bits per heavy atom. The van der Waals surface area contributed by atoms with Crippen molar-refractivity contribution in [2.24, 2.45) is 0 Å². The molecule has 1 saturated heterocycles. The van der Waals surface area contributed by atoms with Gasteiger partial charge in [-0.15, -0.1) is 0 Å². The molecular weight excluding hydrogens is 615 g/mol. The molecule has 0 unspecified atom stereocenters. The van der Waals surface area contributed by atoms with Crippen molar-refractivity contribution in [3.8, 4) is 33.4 Å². The predicted octanol–water partition coefficient (Wildman–Crippen LogP) is 12.5. The Balaban J connectivity index is 1.43. The molecule has 1 aliphatic rings. The molecule has 6 aromatic carbocycles. The van der Waals surface area contributed by atoms with Crippen LogP contribution in [0, 0.1) is 62.3 Å². The first kappa shape index (κ1) is 34.7. The van der Waals surface area contributed by atoms with Crippen molar-refractivity contribution >= 4 is 0 Å². The first-order chi connectivity index (χ1) is 24.5. The second-order valence-corrected chi connectivity index (χ2v) is 15.5. The Bertz CT molecular complexity index is 1900. The van der Waals surface area contributed by atoms with Crippen molar-refractivity contribution in [1.82, 2.24) is 5.32 Å². The minimum absolute atomic E-state index is 0.258. The average Bonchev–Trinajstić information content (AvgIpc) is 3.61. The highest BCUT2D eigenvalue weighted by atomic mass is 15.0. The highest BCUT2D eigenvalue weighted by Gasteiger charge is 2.45. The van der Waals surface area contributed by atoms with Crippen LogP contribution in [0.4, 0.5) is 0 Å². The fraction of sp³-hybridized carbons (Fsp3) is 0.280. The fourth-order valence-electron chi connectivity index (χ4n) is 9.76. The predicted molar refractivity (Wildman–Crippen MR) is 219 cm³/mol. The van der Waals surface area contributed by atoms with Gasteiger partial charge in [0.05, 0.1) is 5.41 Å². The van der Waals surface area contributed by atoms with Gasteiger partial charge < -0.3 is 5.32 Å². The molecule has 0 amide bonds. The molecule has 51 heavy (non-hydrogen) atoms. The quantitative estimate of drug-likeness (QED) is 0.167. The first-order valence-corrected chi connectivity index (χ1v) is 18.8. The summed E-state index contributed by atoms with van der Waals surface area (Å²) in [6.07, 6.45) is 2.29. The SMILES string of the molecule is Cc1cc(C)c(-c2ccc(C(c3ccc(-c4c(C)cc(C)cc4C)cc3)(c3ccc(-c4c(C)cc(C)cc4C)cc3)[C@H]3CCCN3)cc2)c(C)c1. The standard InChI is InChI=1S/C50H53N/c1-31-25-34(4)47(35(5)26-31)40-12-18-43(19-13-40)50(46-11-10-24-51-46,44-20-14-41(15-21-44)48-36(6)27-32(2)28-37(48)7)45-22-16-42(17-23-45)49-38(8)29-33(3)30-39(49)9/h12-23,25-30,46,51H,10-11,24H2,1-9H3/t46-/m1/s1. The van der Waals surface area contributed by atoms with Crippen LogP contribution in [0.2, 0.25) is 0 Å². The third kappa shape index (κ3) is 6.27. The molecule has 0 spiro atoms. The van der Waals surface area contributed by atoms with E-state index in [1.165, 1.54) is 107 Å². The molecule has 0 radical (unpaired) electrons. The molecule has 1 heteroatoms. The smallest absolute Gasteiger partial charge is 0.0604 e. The molecule has 6 aromatic rings. The fourth-order valence-corrected chi connectivity index (χ4v) is 9.76. The lowest BCUT2D eigenvalue weighted by molar-refractivity contribution is 0.435.